The van der Waals surface area contributed by atoms with Crippen LogP contribution in [-0.2, 0) is 21.3 Å². The summed E-state index contributed by atoms with van der Waals surface area (Å²) in [7, 11) is -2.71. The standard InChI is InChI=1S/C19H25Si2.C5H8.C5H5.Zr/c1-20(2,3)16-7-9-18-14(12-16)11-15-13-17(21(4,5)6)8-10-19(15)18;2*1-2-4-5-3-1;/h7-13H,1-6H3;1-4H2;1-3H,4H2;. The summed E-state index contributed by atoms with van der Waals surface area (Å²) in [5, 5.41) is 3.27. The maximum absolute atomic E-state index is 2.68. The van der Waals surface area contributed by atoms with Crippen molar-refractivity contribution in [1.82, 2.24) is 0 Å². The Labute approximate surface area is 205 Å². The van der Waals surface area contributed by atoms with E-state index in [1.165, 1.54) is 32.1 Å². The predicted molar refractivity (Wildman–Crippen MR) is 145 cm³/mol. The van der Waals surface area contributed by atoms with Crippen LogP contribution in [0.4, 0.5) is 0 Å². The Hall–Kier alpha value is -0.893. The number of hydrogen-bond donors (Lipinski definition) is 0. The van der Waals surface area contributed by atoms with Crippen molar-refractivity contribution in [3.63, 3.8) is 0 Å². The number of benzene rings is 2. The molecule has 0 aromatic heterocycles. The van der Waals surface area contributed by atoms with Crippen LogP contribution >= 0.6 is 0 Å². The second-order valence-electron chi connectivity index (χ2n) is 12.1. The zero-order chi connectivity index (χ0) is 22.7. The predicted octanol–water partition coefficient (Wildman–Crippen LogP) is 7.06. The van der Waals surface area contributed by atoms with E-state index in [0.717, 1.165) is 0 Å². The Balaban J connectivity index is 1.78. The van der Waals surface area contributed by atoms with Gasteiger partial charge in [0.25, 0.3) is 0 Å². The molecule has 0 spiro atoms. The van der Waals surface area contributed by atoms with Gasteiger partial charge < -0.3 is 0 Å². The summed E-state index contributed by atoms with van der Waals surface area (Å²) in [6, 6.07) is 15.3. The molecule has 0 heterocycles. The molecule has 0 saturated heterocycles. The Morgan fingerprint density at radius 3 is 1.72 bits per heavy atom. The van der Waals surface area contributed by atoms with Crippen LogP contribution in [-0.4, -0.2) is 19.4 Å². The minimum absolute atomic E-state index is 0.689. The fourth-order valence-electron chi connectivity index (χ4n) is 5.84. The van der Waals surface area contributed by atoms with Crippen molar-refractivity contribution >= 4 is 29.7 Å². The molecule has 166 valence electrons. The zero-order valence-corrected chi connectivity index (χ0v) is 25.3. The molecule has 0 amide bonds. The first-order valence-electron chi connectivity index (χ1n) is 12.5. The van der Waals surface area contributed by atoms with Crippen molar-refractivity contribution in [2.45, 2.75) is 75.0 Å². The van der Waals surface area contributed by atoms with Gasteiger partial charge in [0.2, 0.25) is 0 Å². The molecular formula is C29H38Si2Zr. The topological polar surface area (TPSA) is 0 Å². The minimum atomic E-state index is -2.03. The van der Waals surface area contributed by atoms with Crippen molar-refractivity contribution in [2.24, 2.45) is 0 Å². The Morgan fingerprint density at radius 2 is 1.28 bits per heavy atom. The van der Waals surface area contributed by atoms with Crippen molar-refractivity contribution in [3.05, 3.63) is 69.0 Å². The molecular weight excluding hydrogens is 496 g/mol. The summed E-state index contributed by atoms with van der Waals surface area (Å²) in [4.78, 5) is 0. The fourth-order valence-corrected chi connectivity index (χ4v) is 17.6. The third kappa shape index (κ3) is 4.08. The molecule has 32 heavy (non-hydrogen) atoms. The second kappa shape index (κ2) is 8.40. The first-order chi connectivity index (χ1) is 15.1. The summed E-state index contributed by atoms with van der Waals surface area (Å²) < 4.78 is 4.56. The van der Waals surface area contributed by atoms with E-state index in [-0.39, 0.29) is 0 Å². The van der Waals surface area contributed by atoms with Crippen molar-refractivity contribution in [2.75, 3.05) is 0 Å². The molecule has 5 rings (SSSR count). The van der Waals surface area contributed by atoms with Gasteiger partial charge in [0.05, 0.1) is 0 Å². The SMILES string of the molecule is C[Si](C)(C)c1ccc2c(c1)[CH]([Zr]([C]1=CC=CC1)=[C]1CCCC1)c1cc([Si](C)(C)C)ccc1-2. The molecule has 2 aromatic carbocycles. The molecule has 0 radical (unpaired) electrons. The van der Waals surface area contributed by atoms with E-state index in [9.17, 15) is 0 Å². The summed E-state index contributed by atoms with van der Waals surface area (Å²) in [6.45, 7) is 15.0. The Bertz CT molecular complexity index is 1100. The summed E-state index contributed by atoms with van der Waals surface area (Å²) in [5.74, 6) is 0. The molecule has 0 atom stereocenters. The zero-order valence-electron chi connectivity index (χ0n) is 20.8. The van der Waals surface area contributed by atoms with Crippen LogP contribution < -0.4 is 10.4 Å². The number of hydrogen-bond acceptors (Lipinski definition) is 0. The molecule has 0 aliphatic heterocycles. The van der Waals surface area contributed by atoms with Crippen LogP contribution in [0.3, 0.4) is 0 Å². The van der Waals surface area contributed by atoms with Gasteiger partial charge in [-0.05, 0) is 0 Å². The van der Waals surface area contributed by atoms with Gasteiger partial charge in [0, 0.05) is 0 Å². The van der Waals surface area contributed by atoms with Crippen LogP contribution in [0, 0.1) is 0 Å². The van der Waals surface area contributed by atoms with E-state index in [0.29, 0.717) is 3.63 Å². The Morgan fingerprint density at radius 1 is 0.750 bits per heavy atom. The molecule has 3 aliphatic rings. The third-order valence-corrected chi connectivity index (χ3v) is 20.5. The van der Waals surface area contributed by atoms with E-state index in [1.807, 2.05) is 6.49 Å². The third-order valence-electron chi connectivity index (χ3n) is 7.74. The monoisotopic (exact) mass is 532 g/mol. The van der Waals surface area contributed by atoms with Crippen molar-refractivity contribution in [3.8, 4) is 11.1 Å². The molecule has 2 aromatic rings. The first-order valence-corrected chi connectivity index (χ1v) is 23.4. The van der Waals surface area contributed by atoms with E-state index in [2.05, 4.69) is 93.9 Å². The maximum atomic E-state index is 2.68. The van der Waals surface area contributed by atoms with Crippen LogP contribution in [0.25, 0.3) is 11.1 Å². The molecule has 3 aliphatic carbocycles. The van der Waals surface area contributed by atoms with E-state index in [4.69, 9.17) is 0 Å². The van der Waals surface area contributed by atoms with Gasteiger partial charge in [0.15, 0.2) is 0 Å². The van der Waals surface area contributed by atoms with Gasteiger partial charge in [-0.1, -0.05) is 0 Å². The van der Waals surface area contributed by atoms with Gasteiger partial charge >= 0.3 is 206 Å². The first kappa shape index (κ1) is 22.9. The van der Waals surface area contributed by atoms with Gasteiger partial charge in [0.1, 0.15) is 0 Å². The number of allylic oxidation sites excluding steroid dienone is 4. The van der Waals surface area contributed by atoms with E-state index < -0.39 is 37.4 Å². The molecule has 0 nitrogen and oxygen atoms in total. The molecule has 0 bridgehead atoms. The van der Waals surface area contributed by atoms with Crippen LogP contribution in [0.1, 0.15) is 46.9 Å². The average molecular weight is 534 g/mol. The van der Waals surface area contributed by atoms with Gasteiger partial charge in [-0.25, -0.2) is 0 Å². The molecule has 1 saturated carbocycles. The summed E-state index contributed by atoms with van der Waals surface area (Å²) >= 11 is -2.03. The molecule has 0 N–H and O–H groups in total. The van der Waals surface area contributed by atoms with Crippen LogP contribution in [0.2, 0.25) is 39.3 Å². The molecule has 1 fully saturated rings. The van der Waals surface area contributed by atoms with E-state index >= 15 is 0 Å². The fraction of sp³-hybridized carbons (Fsp3) is 0.414. The quantitative estimate of drug-likeness (QED) is 0.369. The van der Waals surface area contributed by atoms with Crippen LogP contribution in [0.5, 0.6) is 0 Å². The van der Waals surface area contributed by atoms with Gasteiger partial charge in [-0.2, -0.15) is 0 Å². The van der Waals surface area contributed by atoms with Crippen molar-refractivity contribution in [1.29, 1.82) is 0 Å². The van der Waals surface area contributed by atoms with Gasteiger partial charge in [-0.3, -0.25) is 0 Å². The molecule has 3 heteroatoms. The van der Waals surface area contributed by atoms with Crippen LogP contribution in [0.15, 0.2) is 57.9 Å². The number of fused-ring (bicyclic) bond motifs is 3. The number of rotatable bonds is 4. The normalized spacial score (nSPS) is 18.2. The summed E-state index contributed by atoms with van der Waals surface area (Å²) in [5.41, 5.74) is 6.51. The average Bonchev–Trinajstić information content (AvgIpc) is 3.48. The van der Waals surface area contributed by atoms with Gasteiger partial charge in [-0.15, -0.1) is 0 Å². The Kier molecular flexibility index (Phi) is 6.00. The van der Waals surface area contributed by atoms with Crippen molar-refractivity contribution < 1.29 is 21.3 Å². The summed E-state index contributed by atoms with van der Waals surface area (Å²) in [6.07, 6.45) is 14.2. The van der Waals surface area contributed by atoms with E-state index in [1.54, 1.807) is 32.6 Å². The second-order valence-corrected chi connectivity index (χ2v) is 29.0. The molecule has 0 unspecified atom stereocenters.